The van der Waals surface area contributed by atoms with Crippen molar-refractivity contribution in [3.8, 4) is 0 Å². The molecule has 0 saturated heterocycles. The summed E-state index contributed by atoms with van der Waals surface area (Å²) in [5.41, 5.74) is -0.500. The Labute approximate surface area is 106 Å². The highest BCUT2D eigenvalue weighted by atomic mass is 16.4. The molecule has 104 valence electrons. The van der Waals surface area contributed by atoms with Gasteiger partial charge in [-0.25, -0.2) is 0 Å². The predicted molar refractivity (Wildman–Crippen MR) is 72.2 cm³/mol. The van der Waals surface area contributed by atoms with Gasteiger partial charge in [0.1, 0.15) is 0 Å². The van der Waals surface area contributed by atoms with Gasteiger partial charge >= 0.3 is 5.97 Å². The molecule has 0 aromatic heterocycles. The zero-order valence-electron chi connectivity index (χ0n) is 12.0. The molecule has 0 atom stereocenters. The molecule has 17 heavy (non-hydrogen) atoms. The summed E-state index contributed by atoms with van der Waals surface area (Å²) in [4.78, 5) is 10.1. The molecule has 0 aromatic rings. The third-order valence-electron chi connectivity index (χ3n) is 1.99. The van der Waals surface area contributed by atoms with Crippen LogP contribution in [0.25, 0.3) is 0 Å². The zero-order valence-corrected chi connectivity index (χ0v) is 12.0. The van der Waals surface area contributed by atoms with E-state index < -0.39 is 11.6 Å². The average Bonchev–Trinajstić information content (AvgIpc) is 2.13. The Morgan fingerprint density at radius 2 is 1.29 bits per heavy atom. The van der Waals surface area contributed by atoms with Crippen molar-refractivity contribution in [3.63, 3.8) is 0 Å². The van der Waals surface area contributed by atoms with Crippen LogP contribution in [0.3, 0.4) is 0 Å². The molecule has 0 aliphatic rings. The van der Waals surface area contributed by atoms with Gasteiger partial charge in [-0.3, -0.25) is 4.79 Å². The first-order valence-electron chi connectivity index (χ1n) is 6.71. The Bertz CT molecular complexity index is 165. The molecular weight excluding hydrogens is 216 g/mol. The second-order valence-electron chi connectivity index (χ2n) is 5.44. The highest BCUT2D eigenvalue weighted by Gasteiger charge is 1.98. The van der Waals surface area contributed by atoms with Gasteiger partial charge < -0.3 is 10.2 Å². The number of aliphatic carboxylic acids is 1. The summed E-state index contributed by atoms with van der Waals surface area (Å²) >= 11 is 0. The van der Waals surface area contributed by atoms with Gasteiger partial charge in [-0.15, -0.1) is 0 Å². The molecule has 0 amide bonds. The lowest BCUT2D eigenvalue weighted by molar-refractivity contribution is -0.137. The number of aliphatic hydroxyl groups is 1. The van der Waals surface area contributed by atoms with Crippen molar-refractivity contribution < 1.29 is 15.0 Å². The van der Waals surface area contributed by atoms with Crippen LogP contribution in [-0.4, -0.2) is 21.8 Å². The van der Waals surface area contributed by atoms with Crippen molar-refractivity contribution >= 4 is 5.97 Å². The van der Waals surface area contributed by atoms with Crippen LogP contribution in [0.4, 0.5) is 0 Å². The third kappa shape index (κ3) is 39.2. The highest BCUT2D eigenvalue weighted by molar-refractivity contribution is 5.66. The molecule has 0 bridgehead atoms. The first kappa shape index (κ1) is 18.8. The predicted octanol–water partition coefficient (Wildman–Crippen LogP) is 3.99. The van der Waals surface area contributed by atoms with E-state index in [0.717, 1.165) is 12.8 Å². The molecular formula is C14H30O3. The molecule has 3 nitrogen and oxygen atoms in total. The summed E-state index contributed by atoms with van der Waals surface area (Å²) < 4.78 is 0. The molecule has 0 saturated carbocycles. The van der Waals surface area contributed by atoms with Crippen LogP contribution in [0.15, 0.2) is 0 Å². The molecule has 3 heteroatoms. The Morgan fingerprint density at radius 3 is 1.65 bits per heavy atom. The molecule has 0 spiro atoms. The Morgan fingerprint density at radius 1 is 0.941 bits per heavy atom. The largest absolute Gasteiger partial charge is 0.481 e. The first-order chi connectivity index (χ1) is 7.77. The van der Waals surface area contributed by atoms with Crippen LogP contribution < -0.4 is 0 Å². The van der Waals surface area contributed by atoms with Gasteiger partial charge in [-0.2, -0.15) is 0 Å². The molecule has 0 aromatic carbocycles. The van der Waals surface area contributed by atoms with Gasteiger partial charge in [0.25, 0.3) is 0 Å². The van der Waals surface area contributed by atoms with Crippen molar-refractivity contribution in [1.82, 2.24) is 0 Å². The number of hydrogen-bond acceptors (Lipinski definition) is 2. The monoisotopic (exact) mass is 246 g/mol. The van der Waals surface area contributed by atoms with E-state index >= 15 is 0 Å². The summed E-state index contributed by atoms with van der Waals surface area (Å²) in [6.07, 6.45) is 8.64. The summed E-state index contributed by atoms with van der Waals surface area (Å²) in [5.74, 6) is -0.663. The average molecular weight is 246 g/mol. The number of hydrogen-bond donors (Lipinski definition) is 2. The van der Waals surface area contributed by atoms with Crippen LogP contribution >= 0.6 is 0 Å². The summed E-state index contributed by atoms with van der Waals surface area (Å²) in [6.45, 7) is 7.43. The Hall–Kier alpha value is -0.570. The number of carbonyl (C=O) groups is 1. The van der Waals surface area contributed by atoms with E-state index in [0.29, 0.717) is 6.42 Å². The molecule has 2 N–H and O–H groups in total. The van der Waals surface area contributed by atoms with Crippen molar-refractivity contribution in [2.75, 3.05) is 0 Å². The van der Waals surface area contributed by atoms with E-state index in [1.165, 1.54) is 32.1 Å². The van der Waals surface area contributed by atoms with E-state index in [1.807, 2.05) is 0 Å². The zero-order chi connectivity index (χ0) is 13.7. The maximum Gasteiger partial charge on any atom is 0.303 e. The quantitative estimate of drug-likeness (QED) is 0.637. The molecule has 0 heterocycles. The smallest absolute Gasteiger partial charge is 0.303 e. The summed E-state index contributed by atoms with van der Waals surface area (Å²) in [7, 11) is 0. The van der Waals surface area contributed by atoms with Gasteiger partial charge in [0, 0.05) is 6.42 Å². The van der Waals surface area contributed by atoms with Gasteiger partial charge in [-0.1, -0.05) is 45.4 Å². The van der Waals surface area contributed by atoms with Crippen LogP contribution in [0.2, 0.25) is 0 Å². The first-order valence-corrected chi connectivity index (χ1v) is 6.71. The normalized spacial score (nSPS) is 10.6. The van der Waals surface area contributed by atoms with Crippen LogP contribution in [0.5, 0.6) is 0 Å². The van der Waals surface area contributed by atoms with Gasteiger partial charge in [0.2, 0.25) is 0 Å². The van der Waals surface area contributed by atoms with E-state index in [4.69, 9.17) is 10.2 Å². The van der Waals surface area contributed by atoms with E-state index in [9.17, 15) is 4.79 Å². The lowest BCUT2D eigenvalue weighted by Gasteiger charge is -2.04. The van der Waals surface area contributed by atoms with Crippen molar-refractivity contribution in [2.24, 2.45) is 0 Å². The van der Waals surface area contributed by atoms with Gasteiger partial charge in [0.15, 0.2) is 0 Å². The topological polar surface area (TPSA) is 57.5 Å². The number of rotatable bonds is 8. The molecule has 0 radical (unpaired) electrons. The minimum absolute atomic E-state index is 0.341. The minimum Gasteiger partial charge on any atom is -0.481 e. The SMILES string of the molecule is CC(C)(C)O.CCCCCCCCCC(=O)O. The number of unbranched alkanes of at least 4 members (excludes halogenated alkanes) is 6. The third-order valence-corrected chi connectivity index (χ3v) is 1.99. The van der Waals surface area contributed by atoms with E-state index in [-0.39, 0.29) is 0 Å². The maximum absolute atomic E-state index is 10.1. The lowest BCUT2D eigenvalue weighted by atomic mass is 10.1. The van der Waals surface area contributed by atoms with Crippen molar-refractivity contribution in [1.29, 1.82) is 0 Å². The van der Waals surface area contributed by atoms with Crippen LogP contribution in [-0.2, 0) is 4.79 Å². The fourth-order valence-electron chi connectivity index (χ4n) is 1.23. The van der Waals surface area contributed by atoms with Crippen LogP contribution in [0.1, 0.15) is 79.1 Å². The van der Waals surface area contributed by atoms with Crippen molar-refractivity contribution in [2.45, 2.75) is 84.7 Å². The summed E-state index contributed by atoms with van der Waals surface area (Å²) in [6, 6.07) is 0. The molecule has 0 aliphatic heterocycles. The lowest BCUT2D eigenvalue weighted by Crippen LogP contribution is -2.10. The second-order valence-corrected chi connectivity index (χ2v) is 5.44. The van der Waals surface area contributed by atoms with Gasteiger partial charge in [0.05, 0.1) is 5.60 Å². The second kappa shape index (κ2) is 11.9. The van der Waals surface area contributed by atoms with E-state index in [1.54, 1.807) is 20.8 Å². The minimum atomic E-state index is -0.663. The fourth-order valence-corrected chi connectivity index (χ4v) is 1.23. The summed E-state index contributed by atoms with van der Waals surface area (Å²) in [5, 5.41) is 16.9. The van der Waals surface area contributed by atoms with Crippen LogP contribution in [0, 0.1) is 0 Å². The molecule has 0 unspecified atom stereocenters. The van der Waals surface area contributed by atoms with E-state index in [2.05, 4.69) is 6.92 Å². The Kier molecular flexibility index (Phi) is 13.2. The standard InChI is InChI=1S/C10H20O2.C4H10O/c1-2-3-4-5-6-7-8-9-10(11)12;1-4(2,3)5/h2-9H2,1H3,(H,11,12);5H,1-3H3. The molecule has 0 aliphatic carbocycles. The number of carboxylic acid groups (broad SMARTS) is 1. The fraction of sp³-hybridized carbons (Fsp3) is 0.929. The molecule has 0 fully saturated rings. The Balaban J connectivity index is 0. The maximum atomic E-state index is 10.1. The number of carboxylic acids is 1. The van der Waals surface area contributed by atoms with Gasteiger partial charge in [-0.05, 0) is 27.2 Å². The molecule has 0 rings (SSSR count). The highest BCUT2D eigenvalue weighted by Crippen LogP contribution is 2.07. The van der Waals surface area contributed by atoms with Crippen molar-refractivity contribution in [3.05, 3.63) is 0 Å².